The first-order chi connectivity index (χ1) is 13.0. The van der Waals surface area contributed by atoms with Gasteiger partial charge in [-0.25, -0.2) is 0 Å². The number of piperazine rings is 1. The Morgan fingerprint density at radius 3 is 2.48 bits per heavy atom. The van der Waals surface area contributed by atoms with Gasteiger partial charge >= 0.3 is 6.18 Å². The average Bonchev–Trinajstić information content (AvgIpc) is 2.65. The molecule has 8 heteroatoms. The molecule has 0 spiro atoms. The lowest BCUT2D eigenvalue weighted by Gasteiger charge is -2.33. The largest absolute Gasteiger partial charge is 0.416 e. The second kappa shape index (κ2) is 8.86. The molecule has 5 nitrogen and oxygen atoms in total. The van der Waals surface area contributed by atoms with Gasteiger partial charge in [0.15, 0.2) is 0 Å². The Balaban J connectivity index is 1.48. The number of anilines is 1. The van der Waals surface area contributed by atoms with Gasteiger partial charge in [0, 0.05) is 57.7 Å². The summed E-state index contributed by atoms with van der Waals surface area (Å²) in [4.78, 5) is 9.07. The van der Waals surface area contributed by atoms with Crippen molar-refractivity contribution in [2.45, 2.75) is 6.18 Å². The number of nitrogens with one attached hydrogen (secondary N) is 1. The van der Waals surface area contributed by atoms with Crippen LogP contribution in [0.5, 0.6) is 0 Å². The second-order valence-corrected chi connectivity index (χ2v) is 6.81. The van der Waals surface area contributed by atoms with Crippen molar-refractivity contribution in [1.82, 2.24) is 9.80 Å². The van der Waals surface area contributed by atoms with E-state index in [0.717, 1.165) is 62.5 Å². The van der Waals surface area contributed by atoms with Crippen LogP contribution < -0.4 is 5.32 Å². The van der Waals surface area contributed by atoms with E-state index in [1.54, 1.807) is 6.21 Å². The third-order valence-electron chi connectivity index (χ3n) is 4.89. The van der Waals surface area contributed by atoms with E-state index in [9.17, 15) is 13.2 Å². The maximum Gasteiger partial charge on any atom is 0.416 e. The number of aliphatic hydroxyl groups excluding tert-OH is 1. The number of benzene rings is 1. The first-order valence-electron chi connectivity index (χ1n) is 9.17. The van der Waals surface area contributed by atoms with E-state index in [0.29, 0.717) is 18.8 Å². The fourth-order valence-corrected chi connectivity index (χ4v) is 3.30. The van der Waals surface area contributed by atoms with E-state index in [-0.39, 0.29) is 6.61 Å². The first kappa shape index (κ1) is 19.9. The molecule has 2 aliphatic rings. The topological polar surface area (TPSA) is 51.1 Å². The number of rotatable bonds is 6. The van der Waals surface area contributed by atoms with Crippen molar-refractivity contribution in [3.63, 3.8) is 0 Å². The predicted octanol–water partition coefficient (Wildman–Crippen LogP) is 2.20. The van der Waals surface area contributed by atoms with Crippen LogP contribution in [0.15, 0.2) is 28.8 Å². The maximum absolute atomic E-state index is 12.8. The fraction of sp³-hybridized carbons (Fsp3) is 0.526. The zero-order chi connectivity index (χ0) is 19.3. The number of hydrogen-bond acceptors (Lipinski definition) is 5. The smallest absolute Gasteiger partial charge is 0.395 e. The molecule has 148 valence electrons. The lowest BCUT2D eigenvalue weighted by Crippen LogP contribution is -2.47. The SMILES string of the molecule is OCCN1CCN(CCN=CC2=Cc3ccc(C(F)(F)F)cc3NC2)CC1. The fourth-order valence-electron chi connectivity index (χ4n) is 3.30. The highest BCUT2D eigenvalue weighted by molar-refractivity contribution is 5.90. The van der Waals surface area contributed by atoms with Gasteiger partial charge in [-0.15, -0.1) is 0 Å². The highest BCUT2D eigenvalue weighted by Crippen LogP contribution is 2.33. The molecule has 0 atom stereocenters. The molecule has 0 amide bonds. The van der Waals surface area contributed by atoms with Crippen LogP contribution in [0.25, 0.3) is 6.08 Å². The van der Waals surface area contributed by atoms with E-state index in [2.05, 4.69) is 20.1 Å². The molecule has 2 aliphatic heterocycles. The monoisotopic (exact) mass is 382 g/mol. The van der Waals surface area contributed by atoms with Gasteiger partial charge in [-0.05, 0) is 29.3 Å². The Morgan fingerprint density at radius 2 is 1.81 bits per heavy atom. The van der Waals surface area contributed by atoms with Crippen LogP contribution in [0.2, 0.25) is 0 Å². The molecular weight excluding hydrogens is 357 g/mol. The molecule has 1 aromatic rings. The van der Waals surface area contributed by atoms with Crippen molar-refractivity contribution in [2.75, 3.05) is 64.3 Å². The zero-order valence-corrected chi connectivity index (χ0v) is 15.2. The highest BCUT2D eigenvalue weighted by atomic mass is 19.4. The van der Waals surface area contributed by atoms with Crippen LogP contribution in [-0.4, -0.2) is 80.1 Å². The van der Waals surface area contributed by atoms with Crippen molar-refractivity contribution in [3.8, 4) is 0 Å². The van der Waals surface area contributed by atoms with Crippen LogP contribution in [-0.2, 0) is 6.18 Å². The number of β-amino-alcohol motifs (C(OH)–C–C–N with tert-alkyl or cyclic N) is 1. The second-order valence-electron chi connectivity index (χ2n) is 6.81. The van der Waals surface area contributed by atoms with Gasteiger partial charge in [0.05, 0.1) is 18.7 Å². The Morgan fingerprint density at radius 1 is 1.11 bits per heavy atom. The molecule has 3 rings (SSSR count). The molecule has 0 aliphatic carbocycles. The standard InChI is InChI=1S/C19H25F3N4O/c20-19(21,22)17-2-1-16-11-15(14-24-18(16)12-17)13-23-3-4-25-5-7-26(8-6-25)9-10-27/h1-2,11-13,24,27H,3-10,14H2. The van der Waals surface area contributed by atoms with E-state index < -0.39 is 11.7 Å². The lowest BCUT2D eigenvalue weighted by atomic mass is 10.0. The summed E-state index contributed by atoms with van der Waals surface area (Å²) in [5.41, 5.74) is 1.56. The molecule has 1 aromatic carbocycles. The average molecular weight is 382 g/mol. The molecule has 27 heavy (non-hydrogen) atoms. The Kier molecular flexibility index (Phi) is 6.51. The normalized spacial score (nSPS) is 19.0. The maximum atomic E-state index is 12.8. The molecule has 2 N–H and O–H groups in total. The molecule has 0 saturated carbocycles. The molecular formula is C19H25F3N4O. The Bertz CT molecular complexity index is 695. The van der Waals surface area contributed by atoms with Crippen molar-refractivity contribution in [1.29, 1.82) is 0 Å². The van der Waals surface area contributed by atoms with E-state index in [4.69, 9.17) is 5.11 Å². The lowest BCUT2D eigenvalue weighted by molar-refractivity contribution is -0.137. The van der Waals surface area contributed by atoms with Gasteiger partial charge in [-0.1, -0.05) is 6.07 Å². The molecule has 0 radical (unpaired) electrons. The summed E-state index contributed by atoms with van der Waals surface area (Å²) < 4.78 is 38.3. The van der Waals surface area contributed by atoms with Crippen LogP contribution in [0, 0.1) is 0 Å². The highest BCUT2D eigenvalue weighted by Gasteiger charge is 2.31. The van der Waals surface area contributed by atoms with Gasteiger partial charge < -0.3 is 10.4 Å². The first-order valence-corrected chi connectivity index (χ1v) is 9.17. The minimum absolute atomic E-state index is 0.202. The van der Waals surface area contributed by atoms with Crippen molar-refractivity contribution in [3.05, 3.63) is 34.9 Å². The molecule has 1 fully saturated rings. The summed E-state index contributed by atoms with van der Waals surface area (Å²) in [6, 6.07) is 3.74. The van der Waals surface area contributed by atoms with Crippen LogP contribution in [0.1, 0.15) is 11.1 Å². The Labute approximate surface area is 157 Å². The number of aliphatic hydroxyl groups is 1. The van der Waals surface area contributed by atoms with E-state index >= 15 is 0 Å². The molecule has 0 aromatic heterocycles. The zero-order valence-electron chi connectivity index (χ0n) is 15.2. The van der Waals surface area contributed by atoms with E-state index in [1.807, 2.05) is 6.08 Å². The summed E-state index contributed by atoms with van der Waals surface area (Å²) >= 11 is 0. The summed E-state index contributed by atoms with van der Waals surface area (Å²) in [5.74, 6) is 0. The van der Waals surface area contributed by atoms with Gasteiger partial charge in [-0.2, -0.15) is 13.2 Å². The van der Waals surface area contributed by atoms with E-state index in [1.165, 1.54) is 6.07 Å². The van der Waals surface area contributed by atoms with Gasteiger partial charge in [-0.3, -0.25) is 14.8 Å². The minimum Gasteiger partial charge on any atom is -0.395 e. The number of alkyl halides is 3. The third-order valence-corrected chi connectivity index (χ3v) is 4.89. The summed E-state index contributed by atoms with van der Waals surface area (Å²) in [6.07, 6.45) is -0.648. The number of fused-ring (bicyclic) bond motifs is 1. The minimum atomic E-state index is -4.33. The third kappa shape index (κ3) is 5.54. The molecule has 0 bridgehead atoms. The van der Waals surface area contributed by atoms with Crippen molar-refractivity contribution in [2.24, 2.45) is 4.99 Å². The van der Waals surface area contributed by atoms with Gasteiger partial charge in [0.1, 0.15) is 0 Å². The molecule has 0 unspecified atom stereocenters. The summed E-state index contributed by atoms with van der Waals surface area (Å²) in [6.45, 7) is 6.88. The number of halogens is 3. The quantitative estimate of drug-likeness (QED) is 0.741. The molecule has 2 heterocycles. The van der Waals surface area contributed by atoms with Crippen LogP contribution >= 0.6 is 0 Å². The van der Waals surface area contributed by atoms with Crippen molar-refractivity contribution >= 4 is 18.0 Å². The van der Waals surface area contributed by atoms with Gasteiger partial charge in [0.25, 0.3) is 0 Å². The van der Waals surface area contributed by atoms with Gasteiger partial charge in [0.2, 0.25) is 0 Å². The number of hydrogen-bond donors (Lipinski definition) is 2. The number of aliphatic imine (C=N–C) groups is 1. The number of nitrogens with zero attached hydrogens (tertiary/aromatic N) is 3. The molecule has 1 saturated heterocycles. The Hall–Kier alpha value is -1.90. The van der Waals surface area contributed by atoms with Crippen molar-refractivity contribution < 1.29 is 18.3 Å². The summed E-state index contributed by atoms with van der Waals surface area (Å²) in [7, 11) is 0. The predicted molar refractivity (Wildman–Crippen MR) is 101 cm³/mol. The summed E-state index contributed by atoms with van der Waals surface area (Å²) in [5, 5.41) is 12.0. The van der Waals surface area contributed by atoms with Crippen LogP contribution in [0.4, 0.5) is 18.9 Å². The van der Waals surface area contributed by atoms with Crippen LogP contribution in [0.3, 0.4) is 0 Å².